The highest BCUT2D eigenvalue weighted by molar-refractivity contribution is 7.88. The van der Waals surface area contributed by atoms with Crippen LogP contribution in [0.15, 0.2) is 12.1 Å². The molecular formula is C16H21ClN2O5S. The van der Waals surface area contributed by atoms with Crippen LogP contribution in [0.1, 0.15) is 29.6 Å². The molecule has 0 saturated carbocycles. The molecule has 1 amide bonds. The second-order valence-electron chi connectivity index (χ2n) is 6.25. The van der Waals surface area contributed by atoms with Gasteiger partial charge in [-0.1, -0.05) is 11.6 Å². The molecule has 2 aliphatic rings. The van der Waals surface area contributed by atoms with Crippen molar-refractivity contribution in [2.24, 2.45) is 0 Å². The monoisotopic (exact) mass is 388 g/mol. The molecule has 1 fully saturated rings. The molecule has 138 valence electrons. The summed E-state index contributed by atoms with van der Waals surface area (Å²) in [6.45, 7) is 1.63. The quantitative estimate of drug-likeness (QED) is 0.847. The van der Waals surface area contributed by atoms with Crippen molar-refractivity contribution in [2.75, 3.05) is 32.6 Å². The number of rotatable bonds is 4. The molecule has 7 nitrogen and oxygen atoms in total. The Labute approximate surface area is 152 Å². The zero-order chi connectivity index (χ0) is 18.0. The minimum Gasteiger partial charge on any atom is -0.486 e. The Morgan fingerprint density at radius 2 is 2.08 bits per heavy atom. The van der Waals surface area contributed by atoms with E-state index in [9.17, 15) is 13.2 Å². The van der Waals surface area contributed by atoms with Gasteiger partial charge in [0.25, 0.3) is 5.91 Å². The van der Waals surface area contributed by atoms with Crippen LogP contribution in [-0.4, -0.2) is 57.8 Å². The fraction of sp³-hybridized carbons (Fsp3) is 0.562. The van der Waals surface area contributed by atoms with Crippen molar-refractivity contribution in [1.29, 1.82) is 0 Å². The Morgan fingerprint density at radius 3 is 2.84 bits per heavy atom. The van der Waals surface area contributed by atoms with Gasteiger partial charge in [-0.15, -0.1) is 0 Å². The van der Waals surface area contributed by atoms with E-state index >= 15 is 0 Å². The maximum Gasteiger partial charge on any atom is 0.254 e. The second kappa shape index (κ2) is 7.39. The van der Waals surface area contributed by atoms with Gasteiger partial charge in [0.05, 0.1) is 11.3 Å². The third-order valence-electron chi connectivity index (χ3n) is 4.31. The largest absolute Gasteiger partial charge is 0.486 e. The van der Waals surface area contributed by atoms with E-state index in [1.165, 1.54) is 0 Å². The summed E-state index contributed by atoms with van der Waals surface area (Å²) in [4.78, 5) is 14.7. The lowest BCUT2D eigenvalue weighted by Crippen LogP contribution is -2.49. The summed E-state index contributed by atoms with van der Waals surface area (Å²) in [5, 5.41) is 0.336. The number of carbonyl (C=O) groups excluding carboxylic acids is 1. The lowest BCUT2D eigenvalue weighted by molar-refractivity contribution is 0.0617. The number of benzene rings is 1. The Kier molecular flexibility index (Phi) is 5.41. The van der Waals surface area contributed by atoms with Gasteiger partial charge in [-0.05, 0) is 31.4 Å². The van der Waals surface area contributed by atoms with Gasteiger partial charge in [0.15, 0.2) is 11.5 Å². The molecule has 1 atom stereocenters. The van der Waals surface area contributed by atoms with Crippen LogP contribution in [0.4, 0.5) is 0 Å². The molecule has 1 aromatic carbocycles. The number of nitrogens with zero attached hydrogens (tertiary/aromatic N) is 1. The van der Waals surface area contributed by atoms with Crippen LogP contribution in [0.2, 0.25) is 5.02 Å². The number of halogens is 1. The van der Waals surface area contributed by atoms with E-state index in [1.807, 2.05) is 0 Å². The molecule has 1 aromatic rings. The lowest BCUT2D eigenvalue weighted by Gasteiger charge is -2.36. The van der Waals surface area contributed by atoms with Crippen molar-refractivity contribution >= 4 is 27.5 Å². The number of piperidine rings is 1. The van der Waals surface area contributed by atoms with Crippen LogP contribution >= 0.6 is 11.6 Å². The van der Waals surface area contributed by atoms with E-state index in [1.54, 1.807) is 17.0 Å². The number of amides is 1. The first kappa shape index (κ1) is 18.3. The van der Waals surface area contributed by atoms with Crippen LogP contribution in [0.25, 0.3) is 0 Å². The Hall–Kier alpha value is -1.51. The summed E-state index contributed by atoms with van der Waals surface area (Å²) < 4.78 is 36.2. The number of ether oxygens (including phenoxy) is 2. The standard InChI is InChI=1S/C16H21ClN2O5S/c1-25(21,22)18-10-12-4-2-3-5-19(12)16(20)11-8-13(17)15-14(9-11)23-6-7-24-15/h8-9,12,18H,2-7,10H2,1H3/t12-/m0/s1. The number of nitrogens with one attached hydrogen (secondary N) is 1. The summed E-state index contributed by atoms with van der Waals surface area (Å²) in [6.07, 6.45) is 3.72. The van der Waals surface area contributed by atoms with Gasteiger partial charge in [-0.2, -0.15) is 0 Å². The number of likely N-dealkylation sites (tertiary alicyclic amines) is 1. The normalized spacial score (nSPS) is 20.4. The van der Waals surface area contributed by atoms with Gasteiger partial charge < -0.3 is 14.4 Å². The van der Waals surface area contributed by atoms with E-state index < -0.39 is 10.0 Å². The molecule has 0 unspecified atom stereocenters. The molecule has 25 heavy (non-hydrogen) atoms. The van der Waals surface area contributed by atoms with E-state index in [2.05, 4.69) is 4.72 Å². The molecule has 0 radical (unpaired) electrons. The average molecular weight is 389 g/mol. The minimum atomic E-state index is -3.30. The molecule has 2 aliphatic heterocycles. The second-order valence-corrected chi connectivity index (χ2v) is 8.49. The Bertz CT molecular complexity index is 768. The molecule has 0 spiro atoms. The fourth-order valence-electron chi connectivity index (χ4n) is 3.13. The van der Waals surface area contributed by atoms with E-state index in [0.717, 1.165) is 25.5 Å². The van der Waals surface area contributed by atoms with Crippen molar-refractivity contribution in [3.05, 3.63) is 22.7 Å². The summed E-state index contributed by atoms with van der Waals surface area (Å²) in [6, 6.07) is 3.04. The Balaban J connectivity index is 1.81. The number of sulfonamides is 1. The van der Waals surface area contributed by atoms with Crippen molar-refractivity contribution in [3.8, 4) is 11.5 Å². The highest BCUT2D eigenvalue weighted by atomic mass is 35.5. The molecule has 0 bridgehead atoms. The van der Waals surface area contributed by atoms with Gasteiger partial charge in [0.1, 0.15) is 13.2 Å². The first-order valence-corrected chi connectivity index (χ1v) is 10.5. The van der Waals surface area contributed by atoms with Gasteiger partial charge in [-0.3, -0.25) is 4.79 Å². The third kappa shape index (κ3) is 4.37. The molecule has 9 heteroatoms. The smallest absolute Gasteiger partial charge is 0.254 e. The molecule has 1 saturated heterocycles. The van der Waals surface area contributed by atoms with Gasteiger partial charge in [-0.25, -0.2) is 13.1 Å². The average Bonchev–Trinajstić information content (AvgIpc) is 2.59. The van der Waals surface area contributed by atoms with Crippen LogP contribution in [0.5, 0.6) is 11.5 Å². The van der Waals surface area contributed by atoms with Gasteiger partial charge >= 0.3 is 0 Å². The van der Waals surface area contributed by atoms with Crippen LogP contribution in [0.3, 0.4) is 0 Å². The highest BCUT2D eigenvalue weighted by Gasteiger charge is 2.29. The van der Waals surface area contributed by atoms with Gasteiger partial charge in [0, 0.05) is 24.7 Å². The number of hydrogen-bond donors (Lipinski definition) is 1. The molecule has 0 aromatic heterocycles. The molecular weight excluding hydrogens is 368 g/mol. The zero-order valence-corrected chi connectivity index (χ0v) is 15.5. The summed E-state index contributed by atoms with van der Waals surface area (Å²) in [5.74, 6) is 0.738. The van der Waals surface area contributed by atoms with Crippen molar-refractivity contribution < 1.29 is 22.7 Å². The summed E-state index contributed by atoms with van der Waals surface area (Å²) in [7, 11) is -3.30. The fourth-order valence-corrected chi connectivity index (χ4v) is 3.89. The van der Waals surface area contributed by atoms with Crippen molar-refractivity contribution in [2.45, 2.75) is 25.3 Å². The highest BCUT2D eigenvalue weighted by Crippen LogP contribution is 2.38. The van der Waals surface area contributed by atoms with Gasteiger partial charge in [0.2, 0.25) is 10.0 Å². The van der Waals surface area contributed by atoms with Crippen LogP contribution in [0, 0.1) is 0 Å². The number of hydrogen-bond acceptors (Lipinski definition) is 5. The van der Waals surface area contributed by atoms with Crippen LogP contribution in [-0.2, 0) is 10.0 Å². The maximum atomic E-state index is 13.0. The first-order valence-electron chi connectivity index (χ1n) is 8.20. The summed E-state index contributed by atoms with van der Waals surface area (Å²) in [5.41, 5.74) is 0.417. The number of fused-ring (bicyclic) bond motifs is 1. The van der Waals surface area contributed by atoms with E-state index in [-0.39, 0.29) is 18.5 Å². The zero-order valence-electron chi connectivity index (χ0n) is 14.0. The van der Waals surface area contributed by atoms with E-state index in [4.69, 9.17) is 21.1 Å². The van der Waals surface area contributed by atoms with Crippen molar-refractivity contribution in [3.63, 3.8) is 0 Å². The van der Waals surface area contributed by atoms with Crippen molar-refractivity contribution in [1.82, 2.24) is 9.62 Å². The van der Waals surface area contributed by atoms with E-state index in [0.29, 0.717) is 41.8 Å². The number of carbonyl (C=O) groups is 1. The Morgan fingerprint density at radius 1 is 1.32 bits per heavy atom. The lowest BCUT2D eigenvalue weighted by atomic mass is 10.0. The predicted molar refractivity (Wildman–Crippen MR) is 94.0 cm³/mol. The third-order valence-corrected chi connectivity index (χ3v) is 5.28. The molecule has 1 N–H and O–H groups in total. The topological polar surface area (TPSA) is 84.9 Å². The molecule has 0 aliphatic carbocycles. The minimum absolute atomic E-state index is 0.178. The van der Waals surface area contributed by atoms with Crippen LogP contribution < -0.4 is 14.2 Å². The SMILES string of the molecule is CS(=O)(=O)NC[C@@H]1CCCCN1C(=O)c1cc(Cl)c2c(c1)OCCO2. The molecule has 3 rings (SSSR count). The maximum absolute atomic E-state index is 13.0. The summed E-state index contributed by atoms with van der Waals surface area (Å²) >= 11 is 6.22. The first-order chi connectivity index (χ1) is 11.8. The predicted octanol–water partition coefficient (Wildman–Crippen LogP) is 1.66. The molecule has 2 heterocycles.